The molecule has 0 aliphatic rings. The van der Waals surface area contributed by atoms with E-state index in [9.17, 15) is 8.42 Å². The van der Waals surface area contributed by atoms with Crippen LogP contribution >= 0.6 is 0 Å². The SMILES string of the molecule is CCOS(=O)(=O)c1cn(C)cn1. The molecule has 5 nitrogen and oxygen atoms in total. The van der Waals surface area contributed by atoms with Crippen LogP contribution < -0.4 is 0 Å². The Kier molecular flexibility index (Phi) is 2.49. The summed E-state index contributed by atoms with van der Waals surface area (Å²) in [4.78, 5) is 3.66. The first-order chi connectivity index (χ1) is 5.56. The Hall–Kier alpha value is -0.880. The lowest BCUT2D eigenvalue weighted by Gasteiger charge is -1.97. The zero-order chi connectivity index (χ0) is 9.19. The first-order valence-electron chi connectivity index (χ1n) is 3.43. The average molecular weight is 190 g/mol. The van der Waals surface area contributed by atoms with Crippen molar-refractivity contribution < 1.29 is 12.6 Å². The lowest BCUT2D eigenvalue weighted by molar-refractivity contribution is 0.336. The van der Waals surface area contributed by atoms with Crippen molar-refractivity contribution in [3.63, 3.8) is 0 Å². The summed E-state index contributed by atoms with van der Waals surface area (Å²) in [5.74, 6) is 0. The monoisotopic (exact) mass is 190 g/mol. The van der Waals surface area contributed by atoms with Gasteiger partial charge < -0.3 is 4.57 Å². The van der Waals surface area contributed by atoms with Crippen molar-refractivity contribution in [1.82, 2.24) is 9.55 Å². The topological polar surface area (TPSA) is 61.2 Å². The molecular formula is C6H10N2O3S. The molecule has 0 aromatic carbocycles. The first-order valence-corrected chi connectivity index (χ1v) is 4.84. The third-order valence-electron chi connectivity index (χ3n) is 1.21. The van der Waals surface area contributed by atoms with Gasteiger partial charge in [0.2, 0.25) is 0 Å². The van der Waals surface area contributed by atoms with Crippen molar-refractivity contribution in [2.24, 2.45) is 7.05 Å². The van der Waals surface area contributed by atoms with Crippen LogP contribution in [0.3, 0.4) is 0 Å². The van der Waals surface area contributed by atoms with E-state index in [4.69, 9.17) is 0 Å². The standard InChI is InChI=1S/C6H10N2O3S/c1-3-11-12(9,10)6-4-8(2)5-7-6/h4-5H,3H2,1-2H3. The minimum absolute atomic E-state index is 0.0492. The van der Waals surface area contributed by atoms with Crippen molar-refractivity contribution in [1.29, 1.82) is 0 Å². The summed E-state index contributed by atoms with van der Waals surface area (Å²) in [5.41, 5.74) is 0. The minimum Gasteiger partial charge on any atom is -0.339 e. The smallest absolute Gasteiger partial charge is 0.316 e. The van der Waals surface area contributed by atoms with Crippen molar-refractivity contribution in [2.45, 2.75) is 11.9 Å². The molecule has 68 valence electrons. The Morgan fingerprint density at radius 3 is 2.75 bits per heavy atom. The highest BCUT2D eigenvalue weighted by atomic mass is 32.2. The van der Waals surface area contributed by atoms with E-state index < -0.39 is 10.1 Å². The van der Waals surface area contributed by atoms with Crippen LogP contribution in [0.4, 0.5) is 0 Å². The van der Waals surface area contributed by atoms with Gasteiger partial charge in [-0.15, -0.1) is 0 Å². The van der Waals surface area contributed by atoms with E-state index in [1.165, 1.54) is 12.5 Å². The van der Waals surface area contributed by atoms with Gasteiger partial charge in [-0.3, -0.25) is 4.18 Å². The summed E-state index contributed by atoms with van der Waals surface area (Å²) in [6, 6.07) is 0. The first kappa shape index (κ1) is 9.21. The second-order valence-electron chi connectivity index (χ2n) is 2.24. The minimum atomic E-state index is -3.62. The molecular weight excluding hydrogens is 180 g/mol. The molecule has 0 unspecified atom stereocenters. The van der Waals surface area contributed by atoms with Crippen LogP contribution in [-0.2, 0) is 21.3 Å². The van der Waals surface area contributed by atoms with Gasteiger partial charge in [0.15, 0.2) is 5.03 Å². The van der Waals surface area contributed by atoms with E-state index in [-0.39, 0.29) is 11.6 Å². The van der Waals surface area contributed by atoms with E-state index in [1.807, 2.05) is 0 Å². The molecule has 0 fully saturated rings. The van der Waals surface area contributed by atoms with Crippen molar-refractivity contribution in [3.05, 3.63) is 12.5 Å². The van der Waals surface area contributed by atoms with Crippen LogP contribution in [0, 0.1) is 0 Å². The molecule has 1 aromatic heterocycles. The summed E-state index contributed by atoms with van der Waals surface area (Å²) in [6.07, 6.45) is 2.80. The third-order valence-corrected chi connectivity index (χ3v) is 2.48. The Bertz CT molecular complexity index is 355. The quantitative estimate of drug-likeness (QED) is 0.636. The molecule has 1 aromatic rings. The van der Waals surface area contributed by atoms with Gasteiger partial charge in [-0.2, -0.15) is 8.42 Å². The van der Waals surface area contributed by atoms with Crippen molar-refractivity contribution >= 4 is 10.1 Å². The summed E-state index contributed by atoms with van der Waals surface area (Å²) >= 11 is 0. The highest BCUT2D eigenvalue weighted by Crippen LogP contribution is 2.07. The van der Waals surface area contributed by atoms with Gasteiger partial charge in [0.1, 0.15) is 0 Å². The Balaban J connectivity index is 2.98. The molecule has 0 amide bonds. The van der Waals surface area contributed by atoms with Crippen LogP contribution in [0.25, 0.3) is 0 Å². The number of imidazole rings is 1. The van der Waals surface area contributed by atoms with Gasteiger partial charge in [0.05, 0.1) is 12.9 Å². The molecule has 0 bridgehead atoms. The summed E-state index contributed by atoms with van der Waals surface area (Å²) in [5, 5.41) is -0.0492. The van der Waals surface area contributed by atoms with E-state index in [2.05, 4.69) is 9.17 Å². The van der Waals surface area contributed by atoms with Crippen LogP contribution in [0.5, 0.6) is 0 Å². The second-order valence-corrected chi connectivity index (χ2v) is 3.80. The lowest BCUT2D eigenvalue weighted by Crippen LogP contribution is -2.06. The van der Waals surface area contributed by atoms with Gasteiger partial charge >= 0.3 is 10.1 Å². The molecule has 0 radical (unpaired) electrons. The lowest BCUT2D eigenvalue weighted by atomic mass is 10.9. The predicted molar refractivity (Wildman–Crippen MR) is 42.0 cm³/mol. The van der Waals surface area contributed by atoms with Gasteiger partial charge in [0, 0.05) is 13.2 Å². The normalized spacial score (nSPS) is 11.8. The fraction of sp³-hybridized carbons (Fsp3) is 0.500. The highest BCUT2D eigenvalue weighted by Gasteiger charge is 2.16. The van der Waals surface area contributed by atoms with Crippen LogP contribution in [0.1, 0.15) is 6.92 Å². The van der Waals surface area contributed by atoms with E-state index in [0.717, 1.165) is 0 Å². The third kappa shape index (κ3) is 1.83. The number of aromatic nitrogens is 2. The Labute approximate surface area is 71.1 Å². The predicted octanol–water partition coefficient (Wildman–Crippen LogP) is 0.145. The Morgan fingerprint density at radius 2 is 2.33 bits per heavy atom. The maximum atomic E-state index is 11.1. The number of rotatable bonds is 3. The van der Waals surface area contributed by atoms with E-state index in [1.54, 1.807) is 18.5 Å². The molecule has 0 aliphatic heterocycles. The molecule has 0 N–H and O–H groups in total. The van der Waals surface area contributed by atoms with Gasteiger partial charge in [-0.1, -0.05) is 0 Å². The average Bonchev–Trinajstić information content (AvgIpc) is 2.36. The number of hydrogen-bond donors (Lipinski definition) is 0. The molecule has 0 spiro atoms. The zero-order valence-corrected chi connectivity index (χ0v) is 7.71. The fourth-order valence-corrected chi connectivity index (χ4v) is 1.64. The van der Waals surface area contributed by atoms with Crippen molar-refractivity contribution in [3.8, 4) is 0 Å². The molecule has 0 atom stereocenters. The summed E-state index contributed by atoms with van der Waals surface area (Å²) < 4.78 is 28.4. The Morgan fingerprint density at radius 1 is 1.67 bits per heavy atom. The highest BCUT2D eigenvalue weighted by molar-refractivity contribution is 7.86. The van der Waals surface area contributed by atoms with E-state index in [0.29, 0.717) is 0 Å². The van der Waals surface area contributed by atoms with Gasteiger partial charge in [-0.05, 0) is 6.92 Å². The second kappa shape index (κ2) is 3.24. The van der Waals surface area contributed by atoms with Gasteiger partial charge in [-0.25, -0.2) is 4.98 Å². The van der Waals surface area contributed by atoms with Crippen molar-refractivity contribution in [2.75, 3.05) is 6.61 Å². The largest absolute Gasteiger partial charge is 0.339 e. The molecule has 0 aliphatic carbocycles. The van der Waals surface area contributed by atoms with E-state index >= 15 is 0 Å². The molecule has 1 rings (SSSR count). The zero-order valence-electron chi connectivity index (χ0n) is 6.89. The number of hydrogen-bond acceptors (Lipinski definition) is 4. The summed E-state index contributed by atoms with van der Waals surface area (Å²) in [6.45, 7) is 1.74. The molecule has 0 saturated carbocycles. The maximum Gasteiger partial charge on any atom is 0.316 e. The summed E-state index contributed by atoms with van der Waals surface area (Å²) in [7, 11) is -1.93. The van der Waals surface area contributed by atoms with Crippen LogP contribution in [-0.4, -0.2) is 24.6 Å². The fourth-order valence-electron chi connectivity index (χ4n) is 0.733. The molecule has 1 heterocycles. The molecule has 6 heteroatoms. The number of aryl methyl sites for hydroxylation is 1. The number of nitrogens with zero attached hydrogens (tertiary/aromatic N) is 2. The molecule has 0 saturated heterocycles. The van der Waals surface area contributed by atoms with Gasteiger partial charge in [0.25, 0.3) is 0 Å². The molecule has 12 heavy (non-hydrogen) atoms. The maximum absolute atomic E-state index is 11.1. The van der Waals surface area contributed by atoms with Crippen LogP contribution in [0.2, 0.25) is 0 Å². The van der Waals surface area contributed by atoms with Crippen LogP contribution in [0.15, 0.2) is 17.6 Å².